The maximum Gasteiger partial charge on any atom is 0.106 e. The third-order valence-corrected chi connectivity index (χ3v) is 2.32. The number of nitrogens with zero attached hydrogens (tertiary/aromatic N) is 2. The highest BCUT2D eigenvalue weighted by molar-refractivity contribution is 4.89. The molecule has 12 heavy (non-hydrogen) atoms. The Morgan fingerprint density at radius 3 is 2.33 bits per heavy atom. The molecule has 0 aromatic heterocycles. The lowest BCUT2D eigenvalue weighted by molar-refractivity contribution is 0.280. The summed E-state index contributed by atoms with van der Waals surface area (Å²) in [5.74, 6) is 0. The van der Waals surface area contributed by atoms with Crippen LogP contribution in [0, 0.1) is 11.3 Å². The highest BCUT2D eigenvalue weighted by Gasteiger charge is 2.11. The molecule has 68 valence electrons. The van der Waals surface area contributed by atoms with E-state index in [0.29, 0.717) is 0 Å². The molecule has 1 aliphatic rings. The monoisotopic (exact) mass is 167 g/mol. The molecule has 1 saturated heterocycles. The van der Waals surface area contributed by atoms with Gasteiger partial charge in [-0.2, -0.15) is 5.26 Å². The minimum Gasteiger partial charge on any atom is -0.315 e. The first kappa shape index (κ1) is 9.50. The highest BCUT2D eigenvalue weighted by Crippen LogP contribution is 2.09. The molecule has 2 N–H and O–H groups in total. The molecule has 1 atom stereocenters. The van der Waals surface area contributed by atoms with Crippen molar-refractivity contribution in [3.05, 3.63) is 0 Å². The largest absolute Gasteiger partial charge is 0.315 e. The number of nitriles is 1. The van der Waals surface area contributed by atoms with Crippen molar-refractivity contribution in [3.63, 3.8) is 0 Å². The summed E-state index contributed by atoms with van der Waals surface area (Å²) in [6.07, 6.45) is 5.19. The van der Waals surface area contributed by atoms with Crippen LogP contribution in [0.4, 0.5) is 0 Å². The average Bonchev–Trinajstić information content (AvgIpc) is 2.33. The standard InChI is InChI=1S/C9H17N3/c10-7-9(11)8-12-5-3-1-2-4-6-12/h9H,1-6,8,11H2. The lowest BCUT2D eigenvalue weighted by atomic mass is 10.2. The van der Waals surface area contributed by atoms with Crippen molar-refractivity contribution in [2.24, 2.45) is 5.73 Å². The van der Waals surface area contributed by atoms with Crippen molar-refractivity contribution in [1.82, 2.24) is 4.90 Å². The quantitative estimate of drug-likeness (QED) is 0.659. The molecule has 1 rings (SSSR count). The van der Waals surface area contributed by atoms with Crippen LogP contribution in [0.3, 0.4) is 0 Å². The molecule has 0 saturated carbocycles. The van der Waals surface area contributed by atoms with Crippen molar-refractivity contribution < 1.29 is 0 Å². The van der Waals surface area contributed by atoms with Gasteiger partial charge in [-0.25, -0.2) is 0 Å². The number of likely N-dealkylation sites (tertiary alicyclic amines) is 1. The Bertz CT molecular complexity index is 154. The fraction of sp³-hybridized carbons (Fsp3) is 0.889. The lowest BCUT2D eigenvalue weighted by Crippen LogP contribution is -2.37. The molecule has 3 heteroatoms. The van der Waals surface area contributed by atoms with Crippen molar-refractivity contribution in [1.29, 1.82) is 5.26 Å². The Balaban J connectivity index is 2.25. The first-order chi connectivity index (χ1) is 5.83. The van der Waals surface area contributed by atoms with E-state index in [9.17, 15) is 0 Å². The van der Waals surface area contributed by atoms with Gasteiger partial charge in [-0.3, -0.25) is 0 Å². The Morgan fingerprint density at radius 1 is 1.25 bits per heavy atom. The second-order valence-corrected chi connectivity index (χ2v) is 3.45. The Kier molecular flexibility index (Phi) is 4.06. The van der Waals surface area contributed by atoms with Crippen molar-refractivity contribution in [3.8, 4) is 6.07 Å². The van der Waals surface area contributed by atoms with Crippen LogP contribution < -0.4 is 5.73 Å². The van der Waals surface area contributed by atoms with Crippen LogP contribution in [0.15, 0.2) is 0 Å². The fourth-order valence-corrected chi connectivity index (χ4v) is 1.64. The van der Waals surface area contributed by atoms with Crippen LogP contribution in [0.2, 0.25) is 0 Å². The molecular formula is C9H17N3. The minimum atomic E-state index is -0.303. The van der Waals surface area contributed by atoms with Gasteiger partial charge in [0, 0.05) is 6.54 Å². The molecule has 1 fully saturated rings. The van der Waals surface area contributed by atoms with E-state index in [0.717, 1.165) is 19.6 Å². The summed E-state index contributed by atoms with van der Waals surface area (Å²) in [7, 11) is 0. The first-order valence-electron chi connectivity index (χ1n) is 4.70. The average molecular weight is 167 g/mol. The topological polar surface area (TPSA) is 53.1 Å². The van der Waals surface area contributed by atoms with Gasteiger partial charge in [0.1, 0.15) is 6.04 Å². The van der Waals surface area contributed by atoms with Gasteiger partial charge in [-0.05, 0) is 25.9 Å². The fourth-order valence-electron chi connectivity index (χ4n) is 1.64. The molecule has 1 heterocycles. The molecule has 0 aromatic rings. The molecule has 0 amide bonds. The zero-order valence-electron chi connectivity index (χ0n) is 7.50. The van der Waals surface area contributed by atoms with Crippen molar-refractivity contribution >= 4 is 0 Å². The third-order valence-electron chi connectivity index (χ3n) is 2.32. The predicted octanol–water partition coefficient (Wildman–Crippen LogP) is 0.713. The van der Waals surface area contributed by atoms with Gasteiger partial charge < -0.3 is 10.6 Å². The van der Waals surface area contributed by atoms with Crippen LogP contribution in [-0.2, 0) is 0 Å². The van der Waals surface area contributed by atoms with E-state index in [4.69, 9.17) is 11.0 Å². The maximum atomic E-state index is 8.53. The van der Waals surface area contributed by atoms with Gasteiger partial charge in [0.2, 0.25) is 0 Å². The SMILES string of the molecule is N#CC(N)CN1CCCCCC1. The van der Waals surface area contributed by atoms with Crippen LogP contribution in [0.1, 0.15) is 25.7 Å². The van der Waals surface area contributed by atoms with Crippen LogP contribution in [0.25, 0.3) is 0 Å². The molecule has 1 unspecified atom stereocenters. The summed E-state index contributed by atoms with van der Waals surface area (Å²) in [6, 6.07) is 1.77. The molecule has 0 bridgehead atoms. The number of rotatable bonds is 2. The third kappa shape index (κ3) is 3.21. The molecule has 0 radical (unpaired) electrons. The molecule has 0 aromatic carbocycles. The maximum absolute atomic E-state index is 8.53. The number of nitrogens with two attached hydrogens (primary N) is 1. The summed E-state index contributed by atoms with van der Waals surface area (Å²) < 4.78 is 0. The van der Waals surface area contributed by atoms with E-state index in [-0.39, 0.29) is 6.04 Å². The summed E-state index contributed by atoms with van der Waals surface area (Å²) >= 11 is 0. The van der Waals surface area contributed by atoms with Gasteiger partial charge in [0.05, 0.1) is 6.07 Å². The molecular weight excluding hydrogens is 150 g/mol. The van der Waals surface area contributed by atoms with Gasteiger partial charge in [-0.1, -0.05) is 12.8 Å². The Hall–Kier alpha value is -0.590. The van der Waals surface area contributed by atoms with Gasteiger partial charge in [0.15, 0.2) is 0 Å². The first-order valence-corrected chi connectivity index (χ1v) is 4.70. The number of hydrogen-bond donors (Lipinski definition) is 1. The predicted molar refractivity (Wildman–Crippen MR) is 48.5 cm³/mol. The second-order valence-electron chi connectivity index (χ2n) is 3.45. The van der Waals surface area contributed by atoms with E-state index in [1.165, 1.54) is 25.7 Å². The lowest BCUT2D eigenvalue weighted by Gasteiger charge is -2.20. The Morgan fingerprint density at radius 2 is 1.83 bits per heavy atom. The second kappa shape index (κ2) is 5.13. The highest BCUT2D eigenvalue weighted by atomic mass is 15.1. The van der Waals surface area contributed by atoms with E-state index in [1.54, 1.807) is 0 Å². The van der Waals surface area contributed by atoms with Crippen LogP contribution in [-0.4, -0.2) is 30.6 Å². The van der Waals surface area contributed by atoms with Crippen molar-refractivity contribution in [2.45, 2.75) is 31.7 Å². The van der Waals surface area contributed by atoms with Gasteiger partial charge >= 0.3 is 0 Å². The molecule has 0 spiro atoms. The van der Waals surface area contributed by atoms with Crippen LogP contribution >= 0.6 is 0 Å². The Labute approximate surface area is 74.1 Å². The summed E-state index contributed by atoms with van der Waals surface area (Å²) in [5.41, 5.74) is 5.55. The molecule has 3 nitrogen and oxygen atoms in total. The molecule has 1 aliphatic heterocycles. The van der Waals surface area contributed by atoms with Crippen LogP contribution in [0.5, 0.6) is 0 Å². The summed E-state index contributed by atoms with van der Waals surface area (Å²) in [5, 5.41) is 8.53. The van der Waals surface area contributed by atoms with Gasteiger partial charge in [0.25, 0.3) is 0 Å². The smallest absolute Gasteiger partial charge is 0.106 e. The van der Waals surface area contributed by atoms with Crippen molar-refractivity contribution in [2.75, 3.05) is 19.6 Å². The van der Waals surface area contributed by atoms with E-state index < -0.39 is 0 Å². The zero-order valence-corrected chi connectivity index (χ0v) is 7.50. The minimum absolute atomic E-state index is 0.303. The van der Waals surface area contributed by atoms with E-state index in [1.807, 2.05) is 0 Å². The number of hydrogen-bond acceptors (Lipinski definition) is 3. The van der Waals surface area contributed by atoms with E-state index >= 15 is 0 Å². The zero-order chi connectivity index (χ0) is 8.81. The summed E-state index contributed by atoms with van der Waals surface area (Å²) in [4.78, 5) is 2.31. The van der Waals surface area contributed by atoms with Gasteiger partial charge in [-0.15, -0.1) is 0 Å². The van der Waals surface area contributed by atoms with E-state index in [2.05, 4.69) is 11.0 Å². The summed E-state index contributed by atoms with van der Waals surface area (Å²) in [6.45, 7) is 2.99. The normalized spacial score (nSPS) is 22.7. The molecule has 0 aliphatic carbocycles.